The highest BCUT2D eigenvalue weighted by Crippen LogP contribution is 2.23. The monoisotopic (exact) mass is 377 g/mol. The average Bonchev–Trinajstić information content (AvgIpc) is 2.68. The van der Waals surface area contributed by atoms with Crippen molar-refractivity contribution in [3.8, 4) is 0 Å². The van der Waals surface area contributed by atoms with Gasteiger partial charge in [-0.05, 0) is 29.3 Å². The molecule has 0 bridgehead atoms. The lowest BCUT2D eigenvalue weighted by molar-refractivity contribution is -0.153. The summed E-state index contributed by atoms with van der Waals surface area (Å²) in [5.41, 5.74) is 2.92. The Bertz CT molecular complexity index is 918. The maximum absolute atomic E-state index is 12.9. The van der Waals surface area contributed by atoms with Gasteiger partial charge in [-0.15, -0.1) is 0 Å². The molecule has 0 saturated carbocycles. The quantitative estimate of drug-likeness (QED) is 0.768. The molecule has 0 unspecified atom stereocenters. The van der Waals surface area contributed by atoms with E-state index in [1.165, 1.54) is 11.8 Å². The standard InChI is InChI=1S/C22H23N3O3/c1-16(26)24-15-21(27)25(14-18-7-5-4-6-8-18)20(22(24)28)13-17-9-11-19(12-10-17)23(2)3/h4-13H,14-15H2,1-3H3/b20-13+. The Kier molecular flexibility index (Phi) is 5.59. The van der Waals surface area contributed by atoms with Gasteiger partial charge in [0.2, 0.25) is 11.8 Å². The Balaban J connectivity index is 1.99. The van der Waals surface area contributed by atoms with Crippen molar-refractivity contribution in [1.29, 1.82) is 0 Å². The lowest BCUT2D eigenvalue weighted by atomic mass is 10.1. The molecule has 0 spiro atoms. The van der Waals surface area contributed by atoms with Gasteiger partial charge in [-0.1, -0.05) is 42.5 Å². The van der Waals surface area contributed by atoms with Crippen LogP contribution in [0, 0.1) is 0 Å². The zero-order chi connectivity index (χ0) is 20.3. The van der Waals surface area contributed by atoms with Crippen LogP contribution in [0.25, 0.3) is 6.08 Å². The molecule has 1 aliphatic rings. The molecule has 3 amide bonds. The van der Waals surface area contributed by atoms with E-state index in [1.807, 2.05) is 73.6 Å². The van der Waals surface area contributed by atoms with Crippen molar-refractivity contribution in [2.75, 3.05) is 25.5 Å². The molecule has 6 nitrogen and oxygen atoms in total. The van der Waals surface area contributed by atoms with Gasteiger partial charge < -0.3 is 9.80 Å². The van der Waals surface area contributed by atoms with Crippen molar-refractivity contribution in [1.82, 2.24) is 9.80 Å². The van der Waals surface area contributed by atoms with Crippen molar-refractivity contribution in [3.05, 3.63) is 71.4 Å². The van der Waals surface area contributed by atoms with Gasteiger partial charge in [0.15, 0.2) is 0 Å². The fourth-order valence-corrected chi connectivity index (χ4v) is 3.04. The summed E-state index contributed by atoms with van der Waals surface area (Å²) in [5, 5.41) is 0. The molecular weight excluding hydrogens is 354 g/mol. The second-order valence-corrected chi connectivity index (χ2v) is 6.89. The molecule has 144 valence electrons. The number of benzene rings is 2. The summed E-state index contributed by atoms with van der Waals surface area (Å²) in [6.07, 6.45) is 1.66. The zero-order valence-corrected chi connectivity index (χ0v) is 16.3. The van der Waals surface area contributed by atoms with Gasteiger partial charge in [0.05, 0.1) is 6.54 Å². The molecule has 1 aliphatic heterocycles. The predicted molar refractivity (Wildman–Crippen MR) is 108 cm³/mol. The van der Waals surface area contributed by atoms with Crippen LogP contribution < -0.4 is 4.90 Å². The van der Waals surface area contributed by atoms with E-state index in [1.54, 1.807) is 6.08 Å². The molecule has 0 radical (unpaired) electrons. The highest BCUT2D eigenvalue weighted by Gasteiger charge is 2.36. The largest absolute Gasteiger partial charge is 0.378 e. The minimum Gasteiger partial charge on any atom is -0.378 e. The summed E-state index contributed by atoms with van der Waals surface area (Å²) in [6, 6.07) is 17.1. The highest BCUT2D eigenvalue weighted by molar-refractivity contribution is 6.12. The molecule has 0 aliphatic carbocycles. The van der Waals surface area contributed by atoms with E-state index in [0.29, 0.717) is 0 Å². The summed E-state index contributed by atoms with van der Waals surface area (Å²) in [6.45, 7) is 1.33. The van der Waals surface area contributed by atoms with Gasteiger partial charge >= 0.3 is 0 Å². The first-order valence-corrected chi connectivity index (χ1v) is 9.02. The van der Waals surface area contributed by atoms with E-state index in [2.05, 4.69) is 0 Å². The van der Waals surface area contributed by atoms with E-state index < -0.39 is 11.8 Å². The van der Waals surface area contributed by atoms with E-state index in [-0.39, 0.29) is 24.7 Å². The average molecular weight is 377 g/mol. The molecule has 2 aromatic carbocycles. The minimum atomic E-state index is -0.459. The number of hydrogen-bond acceptors (Lipinski definition) is 4. The number of carbonyl (C=O) groups excluding carboxylic acids is 3. The van der Waals surface area contributed by atoms with Crippen LogP contribution >= 0.6 is 0 Å². The maximum Gasteiger partial charge on any atom is 0.277 e. The van der Waals surface area contributed by atoms with E-state index in [9.17, 15) is 14.4 Å². The third kappa shape index (κ3) is 4.11. The Morgan fingerprint density at radius 1 is 1.04 bits per heavy atom. The third-order valence-electron chi connectivity index (χ3n) is 4.63. The first kappa shape index (κ1) is 19.4. The van der Waals surface area contributed by atoms with Crippen LogP contribution in [-0.2, 0) is 20.9 Å². The van der Waals surface area contributed by atoms with Crippen molar-refractivity contribution in [2.45, 2.75) is 13.5 Å². The fourth-order valence-electron chi connectivity index (χ4n) is 3.04. The highest BCUT2D eigenvalue weighted by atomic mass is 16.2. The summed E-state index contributed by atoms with van der Waals surface area (Å²) in [5.74, 6) is -1.18. The van der Waals surface area contributed by atoms with Gasteiger partial charge in [0, 0.05) is 26.7 Å². The Morgan fingerprint density at radius 2 is 1.68 bits per heavy atom. The molecule has 6 heteroatoms. The second-order valence-electron chi connectivity index (χ2n) is 6.89. The number of anilines is 1. The third-order valence-corrected chi connectivity index (χ3v) is 4.63. The van der Waals surface area contributed by atoms with Crippen LogP contribution in [0.5, 0.6) is 0 Å². The lowest BCUT2D eigenvalue weighted by Gasteiger charge is -2.34. The van der Waals surface area contributed by atoms with Crippen LogP contribution in [0.1, 0.15) is 18.1 Å². The number of carbonyl (C=O) groups is 3. The van der Waals surface area contributed by atoms with Gasteiger partial charge in [0.1, 0.15) is 12.2 Å². The van der Waals surface area contributed by atoms with Crippen LogP contribution in [0.4, 0.5) is 5.69 Å². The second kappa shape index (κ2) is 8.08. The molecule has 1 fully saturated rings. The van der Waals surface area contributed by atoms with Gasteiger partial charge in [-0.3, -0.25) is 19.3 Å². The van der Waals surface area contributed by atoms with Crippen molar-refractivity contribution >= 4 is 29.5 Å². The number of amides is 3. The molecule has 1 saturated heterocycles. The number of hydrogen-bond donors (Lipinski definition) is 0. The predicted octanol–water partition coefficient (Wildman–Crippen LogP) is 2.51. The topological polar surface area (TPSA) is 60.9 Å². The Hall–Kier alpha value is -3.41. The maximum atomic E-state index is 12.9. The van der Waals surface area contributed by atoms with E-state index in [0.717, 1.165) is 21.7 Å². The fraction of sp³-hybridized carbons (Fsp3) is 0.227. The molecule has 0 atom stereocenters. The first-order chi connectivity index (χ1) is 13.4. The van der Waals surface area contributed by atoms with Crippen LogP contribution in [-0.4, -0.2) is 48.2 Å². The molecule has 0 aromatic heterocycles. The van der Waals surface area contributed by atoms with Gasteiger partial charge in [-0.2, -0.15) is 0 Å². The summed E-state index contributed by atoms with van der Waals surface area (Å²) >= 11 is 0. The van der Waals surface area contributed by atoms with Gasteiger partial charge in [0.25, 0.3) is 5.91 Å². The van der Waals surface area contributed by atoms with Crippen LogP contribution in [0.2, 0.25) is 0 Å². The minimum absolute atomic E-state index is 0.202. The molecule has 0 N–H and O–H groups in total. The summed E-state index contributed by atoms with van der Waals surface area (Å²) < 4.78 is 0. The van der Waals surface area contributed by atoms with Crippen molar-refractivity contribution in [3.63, 3.8) is 0 Å². The SMILES string of the molecule is CC(=O)N1CC(=O)N(Cc2ccccc2)/C(=C/c2ccc(N(C)C)cc2)C1=O. The lowest BCUT2D eigenvalue weighted by Crippen LogP contribution is -2.53. The van der Waals surface area contributed by atoms with Crippen molar-refractivity contribution in [2.24, 2.45) is 0 Å². The molecule has 1 heterocycles. The summed E-state index contributed by atoms with van der Waals surface area (Å²) in [7, 11) is 3.90. The molecule has 3 rings (SSSR count). The van der Waals surface area contributed by atoms with Crippen LogP contribution in [0.15, 0.2) is 60.3 Å². The number of nitrogens with zero attached hydrogens (tertiary/aromatic N) is 3. The molecular formula is C22H23N3O3. The number of piperazine rings is 1. The van der Waals surface area contributed by atoms with E-state index >= 15 is 0 Å². The van der Waals surface area contributed by atoms with Crippen LogP contribution in [0.3, 0.4) is 0 Å². The molecule has 28 heavy (non-hydrogen) atoms. The zero-order valence-electron chi connectivity index (χ0n) is 16.3. The smallest absolute Gasteiger partial charge is 0.277 e. The van der Waals surface area contributed by atoms with Crippen molar-refractivity contribution < 1.29 is 14.4 Å². The van der Waals surface area contributed by atoms with E-state index in [4.69, 9.17) is 0 Å². The van der Waals surface area contributed by atoms with Gasteiger partial charge in [-0.25, -0.2) is 0 Å². The number of rotatable bonds is 4. The first-order valence-electron chi connectivity index (χ1n) is 9.02. The Morgan fingerprint density at radius 3 is 2.25 bits per heavy atom. The normalized spacial score (nSPS) is 15.9. The summed E-state index contributed by atoms with van der Waals surface area (Å²) in [4.78, 5) is 41.9. The molecule has 2 aromatic rings. The number of imide groups is 1. The Labute approximate surface area is 164 Å².